The third kappa shape index (κ3) is 2.79. The third-order valence-electron chi connectivity index (χ3n) is 2.16. The van der Waals surface area contributed by atoms with Gasteiger partial charge in [0.05, 0.1) is 10.8 Å². The summed E-state index contributed by atoms with van der Waals surface area (Å²) in [6, 6.07) is 6.00. The van der Waals surface area contributed by atoms with Gasteiger partial charge in [0.15, 0.2) is 9.84 Å². The lowest BCUT2D eigenvalue weighted by atomic mass is 10.0. The highest BCUT2D eigenvalue weighted by Gasteiger charge is 2.15. The first kappa shape index (κ1) is 11.7. The molecule has 1 N–H and O–H groups in total. The quantitative estimate of drug-likeness (QED) is 0.845. The van der Waals surface area contributed by atoms with Crippen LogP contribution in [0.2, 0.25) is 0 Å². The lowest BCUT2D eigenvalue weighted by Crippen LogP contribution is -2.08. The van der Waals surface area contributed by atoms with Crippen LogP contribution in [0, 0.1) is 0 Å². The zero-order valence-corrected chi connectivity index (χ0v) is 9.28. The van der Waals surface area contributed by atoms with E-state index in [9.17, 15) is 13.2 Å². The van der Waals surface area contributed by atoms with E-state index in [4.69, 9.17) is 5.11 Å². The molecule has 0 aliphatic rings. The van der Waals surface area contributed by atoms with Crippen LogP contribution in [0.25, 0.3) is 0 Å². The number of carboxylic acids is 1. The van der Waals surface area contributed by atoms with Gasteiger partial charge in [-0.1, -0.05) is 12.1 Å². The first-order valence-corrected chi connectivity index (χ1v) is 6.24. The van der Waals surface area contributed by atoms with E-state index in [-0.39, 0.29) is 4.90 Å². The van der Waals surface area contributed by atoms with E-state index in [0.29, 0.717) is 5.56 Å². The van der Waals surface area contributed by atoms with Crippen LogP contribution < -0.4 is 0 Å². The molecule has 0 radical (unpaired) electrons. The molecule has 0 saturated heterocycles. The SMILES string of the molecule is CC(C(=O)O)c1cccc(S(C)(=O)=O)c1. The molecule has 1 aromatic rings. The van der Waals surface area contributed by atoms with Gasteiger partial charge >= 0.3 is 5.97 Å². The Morgan fingerprint density at radius 3 is 2.47 bits per heavy atom. The van der Waals surface area contributed by atoms with E-state index >= 15 is 0 Å². The summed E-state index contributed by atoms with van der Waals surface area (Å²) in [5.41, 5.74) is 0.491. The summed E-state index contributed by atoms with van der Waals surface area (Å²) >= 11 is 0. The third-order valence-corrected chi connectivity index (χ3v) is 3.27. The molecule has 0 aliphatic heterocycles. The number of carboxylic acid groups (broad SMARTS) is 1. The van der Waals surface area contributed by atoms with Crippen molar-refractivity contribution in [3.05, 3.63) is 29.8 Å². The van der Waals surface area contributed by atoms with Gasteiger partial charge in [0.1, 0.15) is 0 Å². The van der Waals surface area contributed by atoms with Crippen molar-refractivity contribution >= 4 is 15.8 Å². The molecular weight excluding hydrogens is 216 g/mol. The standard InChI is InChI=1S/C10H12O4S/c1-7(10(11)12)8-4-3-5-9(6-8)15(2,13)14/h3-7H,1-2H3,(H,11,12). The first-order chi connectivity index (χ1) is 6.82. The normalized spacial score (nSPS) is 13.5. The van der Waals surface area contributed by atoms with Gasteiger partial charge in [0, 0.05) is 6.26 Å². The summed E-state index contributed by atoms with van der Waals surface area (Å²) in [6.07, 6.45) is 1.09. The average Bonchev–Trinajstić information content (AvgIpc) is 2.15. The monoisotopic (exact) mass is 228 g/mol. The second kappa shape index (κ2) is 4.02. The maximum Gasteiger partial charge on any atom is 0.310 e. The van der Waals surface area contributed by atoms with Crippen molar-refractivity contribution in [2.75, 3.05) is 6.26 Å². The number of hydrogen-bond donors (Lipinski definition) is 1. The topological polar surface area (TPSA) is 71.4 Å². The van der Waals surface area contributed by atoms with Crippen molar-refractivity contribution in [3.63, 3.8) is 0 Å². The van der Waals surface area contributed by atoms with Crippen molar-refractivity contribution in [2.45, 2.75) is 17.7 Å². The summed E-state index contributed by atoms with van der Waals surface area (Å²) in [4.78, 5) is 10.9. The van der Waals surface area contributed by atoms with Crippen LogP contribution in [0.4, 0.5) is 0 Å². The molecule has 0 amide bonds. The van der Waals surface area contributed by atoms with Gasteiger partial charge in [0.2, 0.25) is 0 Å². The highest BCUT2D eigenvalue weighted by Crippen LogP contribution is 2.19. The Labute approximate surface area is 88.5 Å². The summed E-state index contributed by atoms with van der Waals surface area (Å²) in [5, 5.41) is 8.78. The fourth-order valence-electron chi connectivity index (χ4n) is 1.16. The van der Waals surface area contributed by atoms with E-state index in [0.717, 1.165) is 6.26 Å². The minimum absolute atomic E-state index is 0.146. The summed E-state index contributed by atoms with van der Waals surface area (Å²) in [5.74, 6) is -1.67. The number of sulfone groups is 1. The molecule has 0 fully saturated rings. The first-order valence-electron chi connectivity index (χ1n) is 4.35. The van der Waals surface area contributed by atoms with E-state index in [2.05, 4.69) is 0 Å². The Balaban J connectivity index is 3.20. The molecule has 1 rings (SSSR count). The van der Waals surface area contributed by atoms with Crippen molar-refractivity contribution in [1.82, 2.24) is 0 Å². The molecule has 0 saturated carbocycles. The minimum atomic E-state index is -3.28. The fraction of sp³-hybridized carbons (Fsp3) is 0.300. The molecule has 0 aromatic heterocycles. The molecule has 1 unspecified atom stereocenters. The van der Waals surface area contributed by atoms with Crippen LogP contribution in [0.15, 0.2) is 29.2 Å². The van der Waals surface area contributed by atoms with Gasteiger partial charge in [-0.25, -0.2) is 8.42 Å². The second-order valence-electron chi connectivity index (χ2n) is 3.40. The number of hydrogen-bond acceptors (Lipinski definition) is 3. The van der Waals surface area contributed by atoms with Gasteiger partial charge in [0.25, 0.3) is 0 Å². The largest absolute Gasteiger partial charge is 0.481 e. The van der Waals surface area contributed by atoms with Gasteiger partial charge in [-0.15, -0.1) is 0 Å². The molecule has 5 heteroatoms. The Kier molecular flexibility index (Phi) is 3.14. The van der Waals surface area contributed by atoms with Gasteiger partial charge in [-0.3, -0.25) is 4.79 Å². The van der Waals surface area contributed by atoms with E-state index in [1.54, 1.807) is 12.1 Å². The smallest absolute Gasteiger partial charge is 0.310 e. The Hall–Kier alpha value is -1.36. The molecule has 0 bridgehead atoms. The van der Waals surface area contributed by atoms with Crippen LogP contribution in [0.1, 0.15) is 18.4 Å². The number of benzene rings is 1. The fourth-order valence-corrected chi connectivity index (χ4v) is 1.83. The lowest BCUT2D eigenvalue weighted by Gasteiger charge is -2.07. The van der Waals surface area contributed by atoms with Gasteiger partial charge < -0.3 is 5.11 Å². The van der Waals surface area contributed by atoms with Crippen LogP contribution in [0.3, 0.4) is 0 Å². The molecule has 82 valence electrons. The van der Waals surface area contributed by atoms with Crippen LogP contribution in [-0.2, 0) is 14.6 Å². The summed E-state index contributed by atoms with van der Waals surface area (Å²) in [6.45, 7) is 1.52. The minimum Gasteiger partial charge on any atom is -0.481 e. The van der Waals surface area contributed by atoms with E-state index < -0.39 is 21.7 Å². The molecule has 1 aromatic carbocycles. The highest BCUT2D eigenvalue weighted by atomic mass is 32.2. The molecule has 1 atom stereocenters. The Morgan fingerprint density at radius 2 is 2.00 bits per heavy atom. The Bertz CT molecular complexity index is 476. The number of aliphatic carboxylic acids is 1. The summed E-state index contributed by atoms with van der Waals surface area (Å²) in [7, 11) is -3.28. The molecule has 0 aliphatic carbocycles. The molecule has 4 nitrogen and oxygen atoms in total. The lowest BCUT2D eigenvalue weighted by molar-refractivity contribution is -0.138. The number of carbonyl (C=O) groups is 1. The molecule has 0 heterocycles. The molecular formula is C10H12O4S. The average molecular weight is 228 g/mol. The van der Waals surface area contributed by atoms with Crippen molar-refractivity contribution < 1.29 is 18.3 Å². The predicted molar refractivity (Wildman–Crippen MR) is 55.6 cm³/mol. The molecule has 15 heavy (non-hydrogen) atoms. The van der Waals surface area contributed by atoms with Gasteiger partial charge in [-0.2, -0.15) is 0 Å². The Morgan fingerprint density at radius 1 is 1.40 bits per heavy atom. The van der Waals surface area contributed by atoms with Gasteiger partial charge in [-0.05, 0) is 24.6 Å². The van der Waals surface area contributed by atoms with Crippen molar-refractivity contribution in [2.24, 2.45) is 0 Å². The zero-order chi connectivity index (χ0) is 11.6. The van der Waals surface area contributed by atoms with Crippen LogP contribution in [-0.4, -0.2) is 25.7 Å². The van der Waals surface area contributed by atoms with Crippen LogP contribution in [0.5, 0.6) is 0 Å². The second-order valence-corrected chi connectivity index (χ2v) is 5.42. The molecule has 0 spiro atoms. The zero-order valence-electron chi connectivity index (χ0n) is 8.47. The van der Waals surface area contributed by atoms with Crippen molar-refractivity contribution in [3.8, 4) is 0 Å². The van der Waals surface area contributed by atoms with E-state index in [1.807, 2.05) is 0 Å². The van der Waals surface area contributed by atoms with Crippen molar-refractivity contribution in [1.29, 1.82) is 0 Å². The summed E-state index contributed by atoms with van der Waals surface area (Å²) < 4.78 is 22.5. The maximum absolute atomic E-state index is 11.2. The maximum atomic E-state index is 11.2. The van der Waals surface area contributed by atoms with Crippen LogP contribution >= 0.6 is 0 Å². The highest BCUT2D eigenvalue weighted by molar-refractivity contribution is 7.90. The predicted octanol–water partition coefficient (Wildman–Crippen LogP) is 1.28. The van der Waals surface area contributed by atoms with E-state index in [1.165, 1.54) is 19.1 Å². The number of rotatable bonds is 3.